The van der Waals surface area contributed by atoms with Crippen LogP contribution in [-0.4, -0.2) is 35.1 Å². The third kappa shape index (κ3) is 4.68. The van der Waals surface area contributed by atoms with Gasteiger partial charge in [0.15, 0.2) is 5.78 Å². The Morgan fingerprint density at radius 1 is 0.943 bits per heavy atom. The van der Waals surface area contributed by atoms with Crippen molar-refractivity contribution < 1.29 is 23.6 Å². The van der Waals surface area contributed by atoms with E-state index in [0.29, 0.717) is 22.4 Å². The van der Waals surface area contributed by atoms with Crippen LogP contribution in [-0.2, 0) is 15.1 Å². The van der Waals surface area contributed by atoms with Gasteiger partial charge >= 0.3 is 6.03 Å². The predicted molar refractivity (Wildman–Crippen MR) is 128 cm³/mol. The zero-order chi connectivity index (χ0) is 25.0. The summed E-state index contributed by atoms with van der Waals surface area (Å²) < 4.78 is 13.4. The smallest absolute Gasteiger partial charge is 0.325 e. The Balaban J connectivity index is 1.45. The van der Waals surface area contributed by atoms with Crippen molar-refractivity contribution in [3.8, 4) is 0 Å². The molecule has 0 radical (unpaired) electrons. The molecule has 3 aromatic rings. The summed E-state index contributed by atoms with van der Waals surface area (Å²) in [5, 5.41) is 5.42. The van der Waals surface area contributed by atoms with E-state index < -0.39 is 29.2 Å². The summed E-state index contributed by atoms with van der Waals surface area (Å²) >= 11 is 0. The van der Waals surface area contributed by atoms with Gasteiger partial charge in [0.05, 0.1) is 5.69 Å². The van der Waals surface area contributed by atoms with Crippen molar-refractivity contribution in [2.24, 2.45) is 0 Å². The van der Waals surface area contributed by atoms with Crippen molar-refractivity contribution in [2.75, 3.05) is 11.9 Å². The van der Waals surface area contributed by atoms with Crippen molar-refractivity contribution in [2.45, 2.75) is 25.3 Å². The molecule has 4 amide bonds. The molecule has 7 nitrogen and oxygen atoms in total. The van der Waals surface area contributed by atoms with Gasteiger partial charge in [0.1, 0.15) is 11.4 Å². The van der Waals surface area contributed by atoms with Gasteiger partial charge in [0, 0.05) is 24.1 Å². The normalized spacial score (nSPS) is 17.3. The van der Waals surface area contributed by atoms with Crippen molar-refractivity contribution in [1.29, 1.82) is 0 Å². The fourth-order valence-corrected chi connectivity index (χ4v) is 4.16. The molecule has 1 heterocycles. The highest BCUT2D eigenvalue weighted by atomic mass is 19.1. The van der Waals surface area contributed by atoms with Crippen molar-refractivity contribution in [1.82, 2.24) is 10.2 Å². The van der Waals surface area contributed by atoms with Crippen LogP contribution in [0.4, 0.5) is 14.9 Å². The second-order valence-corrected chi connectivity index (χ2v) is 8.19. The molecule has 0 aromatic heterocycles. The molecular weight excluding hydrogens is 449 g/mol. The highest BCUT2D eigenvalue weighted by molar-refractivity contribution is 6.14. The molecule has 35 heavy (non-hydrogen) atoms. The molecular formula is C27H24FN3O4. The Labute approximate surface area is 201 Å². The largest absolute Gasteiger partial charge is 0.325 e. The molecule has 8 heteroatoms. The Bertz CT molecular complexity index is 1280. The summed E-state index contributed by atoms with van der Waals surface area (Å²) in [6.45, 7) is 1.60. The number of carbonyl (C=O) groups is 4. The van der Waals surface area contributed by atoms with Gasteiger partial charge in [-0.1, -0.05) is 61.5 Å². The Kier molecular flexibility index (Phi) is 6.73. The number of anilines is 1. The lowest BCUT2D eigenvalue weighted by molar-refractivity contribution is -0.132. The molecule has 0 aliphatic carbocycles. The molecule has 178 valence electrons. The number of nitrogens with zero attached hydrogens (tertiary/aromatic N) is 1. The van der Waals surface area contributed by atoms with E-state index in [1.807, 2.05) is 6.07 Å². The monoisotopic (exact) mass is 473 g/mol. The third-order valence-corrected chi connectivity index (χ3v) is 6.09. The highest BCUT2D eigenvalue weighted by Crippen LogP contribution is 2.32. The van der Waals surface area contributed by atoms with E-state index in [9.17, 15) is 23.6 Å². The quantitative estimate of drug-likeness (QED) is 0.378. The van der Waals surface area contributed by atoms with Crippen LogP contribution in [0.15, 0.2) is 78.9 Å². The fourth-order valence-electron chi connectivity index (χ4n) is 4.16. The molecule has 2 N–H and O–H groups in total. The van der Waals surface area contributed by atoms with E-state index in [2.05, 4.69) is 10.6 Å². The molecule has 1 saturated heterocycles. The number of ketones is 1. The van der Waals surface area contributed by atoms with Crippen LogP contribution >= 0.6 is 0 Å². The van der Waals surface area contributed by atoms with Crippen molar-refractivity contribution in [3.63, 3.8) is 0 Å². The number of hydrogen-bond acceptors (Lipinski definition) is 4. The maximum Gasteiger partial charge on any atom is 0.325 e. The van der Waals surface area contributed by atoms with Gasteiger partial charge in [-0.3, -0.25) is 19.3 Å². The lowest BCUT2D eigenvalue weighted by Gasteiger charge is -2.25. The average molecular weight is 474 g/mol. The fraction of sp³-hybridized carbons (Fsp3) is 0.185. The van der Waals surface area contributed by atoms with E-state index in [-0.39, 0.29) is 25.2 Å². The number of rotatable bonds is 8. The van der Waals surface area contributed by atoms with Crippen LogP contribution in [0.2, 0.25) is 0 Å². The Morgan fingerprint density at radius 3 is 2.29 bits per heavy atom. The number of benzene rings is 3. The van der Waals surface area contributed by atoms with Crippen LogP contribution in [0.5, 0.6) is 0 Å². The van der Waals surface area contributed by atoms with E-state index in [0.717, 1.165) is 4.90 Å². The van der Waals surface area contributed by atoms with E-state index in [1.165, 1.54) is 24.3 Å². The van der Waals surface area contributed by atoms with Crippen LogP contribution in [0.1, 0.15) is 41.3 Å². The zero-order valence-corrected chi connectivity index (χ0v) is 19.1. The molecule has 0 bridgehead atoms. The summed E-state index contributed by atoms with van der Waals surface area (Å²) in [6.07, 6.45) is 0.108. The first-order valence-electron chi connectivity index (χ1n) is 11.2. The number of halogens is 1. The number of para-hydroxylation sites is 1. The van der Waals surface area contributed by atoms with Gasteiger partial charge in [0.25, 0.3) is 5.91 Å². The van der Waals surface area contributed by atoms with Gasteiger partial charge in [-0.05, 0) is 36.2 Å². The number of urea groups is 1. The molecule has 0 unspecified atom stereocenters. The minimum Gasteiger partial charge on any atom is -0.325 e. The number of hydrogen-bond donors (Lipinski definition) is 2. The summed E-state index contributed by atoms with van der Waals surface area (Å²) in [5.74, 6) is -1.63. The van der Waals surface area contributed by atoms with Crippen LogP contribution in [0, 0.1) is 5.82 Å². The predicted octanol–water partition coefficient (Wildman–Crippen LogP) is 4.24. The molecule has 0 saturated carbocycles. The maximum absolute atomic E-state index is 13.4. The minimum atomic E-state index is -1.31. The topological polar surface area (TPSA) is 95.6 Å². The first-order valence-corrected chi connectivity index (χ1v) is 11.2. The van der Waals surface area contributed by atoms with Crippen LogP contribution in [0.25, 0.3) is 0 Å². The number of imide groups is 1. The summed E-state index contributed by atoms with van der Waals surface area (Å²) in [7, 11) is 0. The molecule has 1 aliphatic heterocycles. The van der Waals surface area contributed by atoms with E-state index >= 15 is 0 Å². The van der Waals surface area contributed by atoms with Crippen LogP contribution in [0.3, 0.4) is 0 Å². The van der Waals surface area contributed by atoms with Crippen LogP contribution < -0.4 is 10.6 Å². The summed E-state index contributed by atoms with van der Waals surface area (Å²) in [5.41, 5.74) is 0.335. The summed E-state index contributed by atoms with van der Waals surface area (Å²) in [6, 6.07) is 20.2. The van der Waals surface area contributed by atoms with Crippen molar-refractivity contribution >= 4 is 29.3 Å². The zero-order valence-electron chi connectivity index (χ0n) is 19.1. The number of carbonyl (C=O) groups excluding carboxylic acids is 4. The Morgan fingerprint density at radius 2 is 1.60 bits per heavy atom. The van der Waals surface area contributed by atoms with Gasteiger partial charge in [-0.2, -0.15) is 0 Å². The lowest BCUT2D eigenvalue weighted by Crippen LogP contribution is -2.43. The molecule has 1 aliphatic rings. The minimum absolute atomic E-state index is 0.145. The first-order chi connectivity index (χ1) is 16.9. The highest BCUT2D eigenvalue weighted by Gasteiger charge is 2.51. The Hall–Kier alpha value is -4.33. The SMILES string of the molecule is CC[C@@]1(c2ccc(F)cc2)NC(=O)N(CCC(=O)Nc2ccccc2C(=O)c2ccccc2)C1=O. The van der Waals surface area contributed by atoms with Gasteiger partial charge < -0.3 is 10.6 Å². The molecule has 1 fully saturated rings. The molecule has 4 rings (SSSR count). The standard InChI is InChI=1S/C27H24FN3O4/c1-2-27(19-12-14-20(28)15-13-19)25(34)31(26(35)30-27)17-16-23(32)29-22-11-7-6-10-21(22)24(33)18-8-4-3-5-9-18/h3-15H,2,16-17H2,1H3,(H,29,32)(H,30,35)/t27-/m0/s1. The van der Waals surface area contributed by atoms with Gasteiger partial charge in [-0.15, -0.1) is 0 Å². The average Bonchev–Trinajstić information content (AvgIpc) is 3.13. The van der Waals surface area contributed by atoms with Gasteiger partial charge in [0.2, 0.25) is 5.91 Å². The number of nitrogens with one attached hydrogen (secondary N) is 2. The van der Waals surface area contributed by atoms with Gasteiger partial charge in [-0.25, -0.2) is 9.18 Å². The first kappa shape index (κ1) is 23.8. The molecule has 0 spiro atoms. The third-order valence-electron chi connectivity index (χ3n) is 6.09. The second-order valence-electron chi connectivity index (χ2n) is 8.19. The molecule has 3 aromatic carbocycles. The molecule has 1 atom stereocenters. The maximum atomic E-state index is 13.4. The van der Waals surface area contributed by atoms with E-state index in [4.69, 9.17) is 0 Å². The second kappa shape index (κ2) is 9.89. The lowest BCUT2D eigenvalue weighted by atomic mass is 9.87. The number of amides is 4. The van der Waals surface area contributed by atoms with Crippen molar-refractivity contribution in [3.05, 3.63) is 101 Å². The summed E-state index contributed by atoms with van der Waals surface area (Å²) in [4.78, 5) is 52.4. The van der Waals surface area contributed by atoms with E-state index in [1.54, 1.807) is 55.5 Å².